The fourth-order valence-corrected chi connectivity index (χ4v) is 0.694. The molecule has 0 aliphatic rings. The molecule has 0 fully saturated rings. The summed E-state index contributed by atoms with van der Waals surface area (Å²) in [7, 11) is 1.28. The lowest BCUT2D eigenvalue weighted by Gasteiger charge is -2.09. The highest BCUT2D eigenvalue weighted by Gasteiger charge is 1.94. The Morgan fingerprint density at radius 3 is 1.73 bits per heavy atom. The Balaban J connectivity index is 0. The number of hydrogen-bond acceptors (Lipinski definition) is 5. The van der Waals surface area contributed by atoms with E-state index in [1.54, 1.807) is 6.92 Å². The Bertz CT molecular complexity index is 132. The van der Waals surface area contributed by atoms with Crippen LogP contribution >= 0.6 is 0 Å². The number of ether oxygens (including phenoxy) is 4. The molecule has 0 amide bonds. The minimum atomic E-state index is -0.623. The van der Waals surface area contributed by atoms with Crippen LogP contribution in [0.3, 0.4) is 0 Å². The van der Waals surface area contributed by atoms with Crippen LogP contribution in [0.25, 0.3) is 0 Å². The zero-order valence-electron chi connectivity index (χ0n) is 10.2. The van der Waals surface area contributed by atoms with Crippen LogP contribution in [-0.2, 0) is 18.9 Å². The van der Waals surface area contributed by atoms with Crippen molar-refractivity contribution in [2.24, 2.45) is 0 Å². The molecule has 0 aromatic rings. The first-order valence-corrected chi connectivity index (χ1v) is 5.06. The van der Waals surface area contributed by atoms with Gasteiger partial charge in [-0.05, 0) is 27.7 Å². The molecule has 15 heavy (non-hydrogen) atoms. The largest absolute Gasteiger partial charge is 0.507 e. The van der Waals surface area contributed by atoms with E-state index in [4.69, 9.17) is 9.47 Å². The highest BCUT2D eigenvalue weighted by atomic mass is 16.7. The van der Waals surface area contributed by atoms with E-state index in [2.05, 4.69) is 9.47 Å². The molecule has 0 aliphatic heterocycles. The summed E-state index contributed by atoms with van der Waals surface area (Å²) in [6.45, 7) is 9.34. The Labute approximate surface area is 91.6 Å². The van der Waals surface area contributed by atoms with Gasteiger partial charge in [0.2, 0.25) is 0 Å². The summed E-state index contributed by atoms with van der Waals surface area (Å²) >= 11 is 0. The highest BCUT2D eigenvalue weighted by Crippen LogP contribution is 1.90. The van der Waals surface area contributed by atoms with E-state index in [1.807, 2.05) is 20.8 Å². The van der Waals surface area contributed by atoms with Gasteiger partial charge in [-0.3, -0.25) is 0 Å². The van der Waals surface area contributed by atoms with Gasteiger partial charge >= 0.3 is 6.16 Å². The van der Waals surface area contributed by atoms with E-state index in [-0.39, 0.29) is 6.29 Å². The van der Waals surface area contributed by atoms with Gasteiger partial charge in [-0.15, -0.1) is 0 Å². The lowest BCUT2D eigenvalue weighted by molar-refractivity contribution is -0.123. The summed E-state index contributed by atoms with van der Waals surface area (Å²) in [4.78, 5) is 9.97. The van der Waals surface area contributed by atoms with Gasteiger partial charge in [0, 0.05) is 13.2 Å². The van der Waals surface area contributed by atoms with Crippen molar-refractivity contribution in [1.82, 2.24) is 0 Å². The van der Waals surface area contributed by atoms with Crippen molar-refractivity contribution in [3.05, 3.63) is 0 Å². The van der Waals surface area contributed by atoms with E-state index in [1.165, 1.54) is 7.11 Å². The molecule has 0 atom stereocenters. The number of methoxy groups -OCH3 is 1. The predicted molar refractivity (Wildman–Crippen MR) is 56.7 cm³/mol. The minimum absolute atomic E-state index is 0.0370. The average Bonchev–Trinajstić information content (AvgIpc) is 2.20. The van der Waals surface area contributed by atoms with Gasteiger partial charge in [-0.25, -0.2) is 4.79 Å². The van der Waals surface area contributed by atoms with Crippen molar-refractivity contribution in [1.29, 1.82) is 0 Å². The van der Waals surface area contributed by atoms with Gasteiger partial charge in [0.1, 0.15) is 0 Å². The van der Waals surface area contributed by atoms with E-state index in [0.717, 1.165) is 13.2 Å². The van der Waals surface area contributed by atoms with E-state index < -0.39 is 6.16 Å². The fourth-order valence-electron chi connectivity index (χ4n) is 0.694. The molecule has 92 valence electrons. The third kappa shape index (κ3) is 15.9. The summed E-state index contributed by atoms with van der Waals surface area (Å²) in [5.74, 6) is 0. The molecule has 0 rings (SSSR count). The Morgan fingerprint density at radius 1 is 1.07 bits per heavy atom. The molecule has 0 radical (unpaired) electrons. The first-order chi connectivity index (χ1) is 7.12. The molecule has 0 heterocycles. The average molecular weight is 222 g/mol. The van der Waals surface area contributed by atoms with Crippen molar-refractivity contribution in [3.8, 4) is 0 Å². The van der Waals surface area contributed by atoms with Crippen LogP contribution in [0.1, 0.15) is 27.7 Å². The van der Waals surface area contributed by atoms with Crippen LogP contribution in [0.4, 0.5) is 4.79 Å². The molecule has 0 aromatic carbocycles. The number of hydrogen-bond donors (Lipinski definition) is 0. The Kier molecular flexibility index (Phi) is 14.6. The number of rotatable bonds is 5. The predicted octanol–water partition coefficient (Wildman–Crippen LogP) is 2.19. The van der Waals surface area contributed by atoms with E-state index in [9.17, 15) is 4.79 Å². The first-order valence-electron chi connectivity index (χ1n) is 5.06. The molecule has 0 aromatic heterocycles. The maximum absolute atomic E-state index is 9.97. The van der Waals surface area contributed by atoms with Gasteiger partial charge in [-0.2, -0.15) is 0 Å². The zero-order valence-corrected chi connectivity index (χ0v) is 10.2. The summed E-state index contributed by atoms with van der Waals surface area (Å²) < 4.78 is 18.6. The molecular weight excluding hydrogens is 200 g/mol. The SMILES string of the molecule is CCOC(=O)OC.CCOC(C)OCC. The molecule has 0 saturated carbocycles. The van der Waals surface area contributed by atoms with Crippen LogP contribution in [0, 0.1) is 0 Å². The van der Waals surface area contributed by atoms with E-state index >= 15 is 0 Å². The zero-order chi connectivity index (χ0) is 12.1. The van der Waals surface area contributed by atoms with Crippen LogP contribution in [0.2, 0.25) is 0 Å². The van der Waals surface area contributed by atoms with Gasteiger partial charge in [0.15, 0.2) is 6.29 Å². The second-order valence-electron chi connectivity index (χ2n) is 2.37. The fraction of sp³-hybridized carbons (Fsp3) is 0.900. The Hall–Kier alpha value is -0.810. The normalized spacial score (nSPS) is 9.20. The highest BCUT2D eigenvalue weighted by molar-refractivity contribution is 5.59. The van der Waals surface area contributed by atoms with Crippen LogP contribution in [0.15, 0.2) is 0 Å². The molecule has 0 aliphatic carbocycles. The summed E-state index contributed by atoms with van der Waals surface area (Å²) in [5, 5.41) is 0. The molecule has 5 heteroatoms. The standard InChI is InChI=1S/C6H14O2.C4H8O3/c1-4-7-6(3)8-5-2;1-3-7-4(5)6-2/h6H,4-5H2,1-3H3;3H2,1-2H3. The van der Waals surface area contributed by atoms with Crippen molar-refractivity contribution < 1.29 is 23.7 Å². The molecular formula is C10H22O5. The van der Waals surface area contributed by atoms with Gasteiger partial charge in [-0.1, -0.05) is 0 Å². The smallest absolute Gasteiger partial charge is 0.438 e. The van der Waals surface area contributed by atoms with Crippen LogP contribution in [-0.4, -0.2) is 39.4 Å². The van der Waals surface area contributed by atoms with Gasteiger partial charge in [0.25, 0.3) is 0 Å². The van der Waals surface area contributed by atoms with Crippen molar-refractivity contribution in [2.75, 3.05) is 26.9 Å². The second kappa shape index (κ2) is 13.2. The van der Waals surface area contributed by atoms with Crippen molar-refractivity contribution in [3.63, 3.8) is 0 Å². The minimum Gasteiger partial charge on any atom is -0.438 e. The molecule has 5 nitrogen and oxygen atoms in total. The number of carbonyl (C=O) groups excluding carboxylic acids is 1. The number of carbonyl (C=O) groups is 1. The summed E-state index contributed by atoms with van der Waals surface area (Å²) in [5.41, 5.74) is 0. The lowest BCUT2D eigenvalue weighted by atomic mass is 10.7. The topological polar surface area (TPSA) is 54.0 Å². The van der Waals surface area contributed by atoms with E-state index in [0.29, 0.717) is 6.61 Å². The molecule has 0 bridgehead atoms. The summed E-state index contributed by atoms with van der Waals surface area (Å²) in [6, 6.07) is 0. The third-order valence-electron chi connectivity index (χ3n) is 1.23. The van der Waals surface area contributed by atoms with Gasteiger partial charge < -0.3 is 18.9 Å². The third-order valence-corrected chi connectivity index (χ3v) is 1.23. The summed E-state index contributed by atoms with van der Waals surface area (Å²) in [6.07, 6.45) is -0.660. The maximum Gasteiger partial charge on any atom is 0.507 e. The van der Waals surface area contributed by atoms with Crippen molar-refractivity contribution >= 4 is 6.16 Å². The lowest BCUT2D eigenvalue weighted by Crippen LogP contribution is -2.11. The molecule has 0 N–H and O–H groups in total. The molecule has 0 unspecified atom stereocenters. The van der Waals surface area contributed by atoms with Crippen LogP contribution < -0.4 is 0 Å². The quantitative estimate of drug-likeness (QED) is 0.527. The second-order valence-corrected chi connectivity index (χ2v) is 2.37. The monoisotopic (exact) mass is 222 g/mol. The molecule has 0 saturated heterocycles. The van der Waals surface area contributed by atoms with Crippen LogP contribution in [0.5, 0.6) is 0 Å². The first kappa shape index (κ1) is 16.6. The van der Waals surface area contributed by atoms with Crippen molar-refractivity contribution in [2.45, 2.75) is 34.0 Å². The Morgan fingerprint density at radius 2 is 1.53 bits per heavy atom. The van der Waals surface area contributed by atoms with Gasteiger partial charge in [0.05, 0.1) is 13.7 Å². The molecule has 0 spiro atoms. The maximum atomic E-state index is 9.97.